The van der Waals surface area contributed by atoms with E-state index < -0.39 is 18.4 Å². The molecule has 0 unspecified atom stereocenters. The first kappa shape index (κ1) is 27.2. The second-order valence-electron chi connectivity index (χ2n) is 10.8. The molecule has 3 aromatic rings. The Morgan fingerprint density at radius 1 is 0.722 bits per heavy atom. The van der Waals surface area contributed by atoms with Crippen molar-refractivity contribution in [3.05, 3.63) is 81.9 Å². The van der Waals surface area contributed by atoms with E-state index in [9.17, 15) is 0 Å². The molecular weight excluding hydrogens is 542 g/mol. The van der Waals surface area contributed by atoms with Gasteiger partial charge in [-0.05, 0) is 0 Å². The van der Waals surface area contributed by atoms with Crippen molar-refractivity contribution in [3.63, 3.8) is 0 Å². The molecular formula is C32H45BN2Sn. The van der Waals surface area contributed by atoms with Crippen LogP contribution in [0.1, 0.15) is 71.3 Å². The fourth-order valence-electron chi connectivity index (χ4n) is 5.92. The quantitative estimate of drug-likeness (QED) is 0.184. The summed E-state index contributed by atoms with van der Waals surface area (Å²) in [6.07, 6.45) is 10.4. The zero-order valence-electron chi connectivity index (χ0n) is 22.8. The summed E-state index contributed by atoms with van der Waals surface area (Å²) in [7, 11) is 0. The molecule has 0 aliphatic carbocycles. The van der Waals surface area contributed by atoms with Gasteiger partial charge in [0.1, 0.15) is 0 Å². The van der Waals surface area contributed by atoms with Crippen LogP contribution in [-0.4, -0.2) is 25.4 Å². The SMILES string of the molecule is CCC[CH2][Sn](/[CH]=C(/CCc1ccccc1)B1Nc2cccc3cccc(c23)N1)([CH2]CCC)[CH2]CCC. The summed E-state index contributed by atoms with van der Waals surface area (Å²) < 4.78 is 7.49. The van der Waals surface area contributed by atoms with Crippen LogP contribution in [0.3, 0.4) is 0 Å². The average molecular weight is 587 g/mol. The molecule has 0 amide bonds. The molecule has 0 saturated carbocycles. The molecule has 190 valence electrons. The van der Waals surface area contributed by atoms with Crippen LogP contribution in [0, 0.1) is 0 Å². The fraction of sp³-hybridized carbons (Fsp3) is 0.438. The molecule has 0 fully saturated rings. The van der Waals surface area contributed by atoms with Crippen molar-refractivity contribution in [3.8, 4) is 0 Å². The van der Waals surface area contributed by atoms with E-state index in [0.717, 1.165) is 12.8 Å². The average Bonchev–Trinajstić information content (AvgIpc) is 2.92. The zero-order valence-corrected chi connectivity index (χ0v) is 25.6. The first-order valence-electron chi connectivity index (χ1n) is 14.5. The first-order chi connectivity index (χ1) is 17.7. The van der Waals surface area contributed by atoms with E-state index in [-0.39, 0.29) is 6.98 Å². The minimum atomic E-state index is -2.48. The predicted octanol–water partition coefficient (Wildman–Crippen LogP) is 9.65. The van der Waals surface area contributed by atoms with E-state index in [0.29, 0.717) is 0 Å². The molecule has 0 saturated heterocycles. The van der Waals surface area contributed by atoms with Gasteiger partial charge in [0.15, 0.2) is 0 Å². The standard InChI is InChI=1S/C20H18BN2.3C4H9.Sn/c1-15(13-14-16-7-3-2-4-8-16)21-22-18-11-5-9-17-10-6-12-19(23-21)20(17)18;3*1-3-4-2;/h1-12,22-23H,13-14H2;3*1,3-4H2,2H3;. The van der Waals surface area contributed by atoms with Crippen molar-refractivity contribution in [1.29, 1.82) is 0 Å². The Morgan fingerprint density at radius 2 is 1.28 bits per heavy atom. The summed E-state index contributed by atoms with van der Waals surface area (Å²) in [4.78, 5) is 0. The molecule has 0 atom stereocenters. The Morgan fingerprint density at radius 3 is 1.81 bits per heavy atom. The third-order valence-electron chi connectivity index (χ3n) is 8.00. The summed E-state index contributed by atoms with van der Waals surface area (Å²) in [6, 6.07) is 24.4. The Labute approximate surface area is 224 Å². The van der Waals surface area contributed by atoms with Gasteiger partial charge in [0.2, 0.25) is 0 Å². The summed E-state index contributed by atoms with van der Waals surface area (Å²) in [5.74, 6) is 0. The van der Waals surface area contributed by atoms with Gasteiger partial charge < -0.3 is 0 Å². The van der Waals surface area contributed by atoms with Crippen LogP contribution in [0.5, 0.6) is 0 Å². The number of aryl methyl sites for hydroxylation is 1. The molecule has 2 nitrogen and oxygen atoms in total. The number of nitrogens with one attached hydrogen (secondary N) is 2. The van der Waals surface area contributed by atoms with Crippen molar-refractivity contribution in [2.24, 2.45) is 0 Å². The normalized spacial score (nSPS) is 13.5. The van der Waals surface area contributed by atoms with E-state index in [2.05, 4.69) is 102 Å². The van der Waals surface area contributed by atoms with Crippen molar-refractivity contribution in [2.45, 2.75) is 85.4 Å². The Kier molecular flexibility index (Phi) is 10.3. The summed E-state index contributed by atoms with van der Waals surface area (Å²) in [5.41, 5.74) is 5.60. The van der Waals surface area contributed by atoms with Gasteiger partial charge in [-0.3, -0.25) is 0 Å². The molecule has 4 heteroatoms. The number of unbranched alkanes of at least 4 members (excludes halogenated alkanes) is 3. The molecule has 0 bridgehead atoms. The fourth-order valence-corrected chi connectivity index (χ4v) is 21.5. The molecule has 0 aromatic heterocycles. The molecule has 1 aliphatic rings. The van der Waals surface area contributed by atoms with Crippen molar-refractivity contribution in [1.82, 2.24) is 0 Å². The van der Waals surface area contributed by atoms with Gasteiger partial charge in [-0.2, -0.15) is 0 Å². The third kappa shape index (κ3) is 6.91. The third-order valence-corrected chi connectivity index (χ3v) is 22.4. The summed E-state index contributed by atoms with van der Waals surface area (Å²) >= 11 is -2.48. The minimum absolute atomic E-state index is 0.176. The Balaban J connectivity index is 1.71. The van der Waals surface area contributed by atoms with Crippen LogP contribution in [-0.2, 0) is 6.42 Å². The van der Waals surface area contributed by atoms with Gasteiger partial charge >= 0.3 is 225 Å². The van der Waals surface area contributed by atoms with Crippen molar-refractivity contribution in [2.75, 3.05) is 10.5 Å². The van der Waals surface area contributed by atoms with Crippen LogP contribution >= 0.6 is 0 Å². The van der Waals surface area contributed by atoms with E-state index in [1.807, 2.05) is 0 Å². The number of hydrogen-bond acceptors (Lipinski definition) is 2. The van der Waals surface area contributed by atoms with E-state index in [1.165, 1.54) is 79.5 Å². The number of benzene rings is 3. The van der Waals surface area contributed by atoms with E-state index >= 15 is 0 Å². The monoisotopic (exact) mass is 588 g/mol. The summed E-state index contributed by atoms with van der Waals surface area (Å²) in [5, 5.41) is 10.5. The van der Waals surface area contributed by atoms with Gasteiger partial charge in [0, 0.05) is 0 Å². The Bertz CT molecular complexity index is 1060. The summed E-state index contributed by atoms with van der Waals surface area (Å²) in [6.45, 7) is 7.30. The topological polar surface area (TPSA) is 24.1 Å². The number of allylic oxidation sites excluding steroid dienone is 1. The van der Waals surface area contributed by atoms with E-state index in [4.69, 9.17) is 0 Å². The van der Waals surface area contributed by atoms with Gasteiger partial charge in [-0.1, -0.05) is 0 Å². The predicted molar refractivity (Wildman–Crippen MR) is 165 cm³/mol. The van der Waals surface area contributed by atoms with Crippen LogP contribution in [0.25, 0.3) is 10.8 Å². The van der Waals surface area contributed by atoms with Gasteiger partial charge in [0.25, 0.3) is 0 Å². The Hall–Kier alpha value is -1.88. The molecule has 3 aromatic carbocycles. The van der Waals surface area contributed by atoms with E-state index in [1.54, 1.807) is 5.47 Å². The van der Waals surface area contributed by atoms with Crippen LogP contribution in [0.2, 0.25) is 13.3 Å². The van der Waals surface area contributed by atoms with Crippen molar-refractivity contribution < 1.29 is 0 Å². The molecule has 36 heavy (non-hydrogen) atoms. The molecule has 1 heterocycles. The molecule has 2 N–H and O–H groups in total. The second-order valence-corrected chi connectivity index (χ2v) is 23.7. The maximum absolute atomic E-state index is 3.94. The van der Waals surface area contributed by atoms with Crippen LogP contribution in [0.4, 0.5) is 11.4 Å². The zero-order chi connectivity index (χ0) is 25.2. The van der Waals surface area contributed by atoms with Crippen LogP contribution < -0.4 is 10.5 Å². The molecule has 1 aliphatic heterocycles. The van der Waals surface area contributed by atoms with Crippen LogP contribution in [0.15, 0.2) is 76.3 Å². The molecule has 0 spiro atoms. The number of anilines is 2. The number of rotatable bonds is 14. The van der Waals surface area contributed by atoms with Gasteiger partial charge in [-0.15, -0.1) is 0 Å². The van der Waals surface area contributed by atoms with Gasteiger partial charge in [0.05, 0.1) is 0 Å². The van der Waals surface area contributed by atoms with Crippen molar-refractivity contribution >= 4 is 47.5 Å². The molecule has 0 radical (unpaired) electrons. The first-order valence-corrected chi connectivity index (χ1v) is 22.2. The number of hydrogen-bond donors (Lipinski definition) is 2. The van der Waals surface area contributed by atoms with Gasteiger partial charge in [-0.25, -0.2) is 0 Å². The molecule has 4 rings (SSSR count). The maximum atomic E-state index is 3.94. The second kappa shape index (κ2) is 13.6.